The van der Waals surface area contributed by atoms with Crippen molar-refractivity contribution in [2.75, 3.05) is 6.54 Å². The minimum atomic E-state index is -0.885. The molecule has 1 amide bonds. The van der Waals surface area contributed by atoms with Crippen molar-refractivity contribution in [2.45, 2.75) is 63.9 Å². The maximum atomic E-state index is 11.5. The number of amides is 1. The predicted octanol–water partition coefficient (Wildman–Crippen LogP) is 1.69. The summed E-state index contributed by atoms with van der Waals surface area (Å²) in [5.41, 5.74) is -0.770. The summed E-state index contributed by atoms with van der Waals surface area (Å²) in [6.45, 7) is 2.45. The van der Waals surface area contributed by atoms with Gasteiger partial charge in [0.15, 0.2) is 0 Å². The van der Waals surface area contributed by atoms with Crippen LogP contribution in [0.2, 0.25) is 0 Å². The van der Waals surface area contributed by atoms with Gasteiger partial charge in [-0.05, 0) is 38.0 Å². The molecule has 0 heterocycles. The zero-order chi connectivity index (χ0) is 14.3. The first-order valence-electron chi connectivity index (χ1n) is 7.16. The molecular weight excluding hydrogens is 246 g/mol. The van der Waals surface area contributed by atoms with E-state index >= 15 is 0 Å². The van der Waals surface area contributed by atoms with Crippen molar-refractivity contribution >= 4 is 11.9 Å². The Hall–Kier alpha value is -1.10. The van der Waals surface area contributed by atoms with Gasteiger partial charge in [0.05, 0.1) is 5.60 Å². The van der Waals surface area contributed by atoms with Crippen LogP contribution in [0.15, 0.2) is 0 Å². The molecule has 0 radical (unpaired) electrons. The smallest absolute Gasteiger partial charge is 0.303 e. The molecule has 0 bridgehead atoms. The van der Waals surface area contributed by atoms with Gasteiger partial charge in [0.25, 0.3) is 0 Å². The number of hydrogen-bond donors (Lipinski definition) is 3. The Bertz CT molecular complexity index is 309. The van der Waals surface area contributed by atoms with Crippen LogP contribution in [0.1, 0.15) is 58.3 Å². The third kappa shape index (κ3) is 6.05. The summed E-state index contributed by atoms with van der Waals surface area (Å²) in [4.78, 5) is 21.8. The second kappa shape index (κ2) is 7.48. The van der Waals surface area contributed by atoms with E-state index in [0.717, 1.165) is 32.1 Å². The largest absolute Gasteiger partial charge is 0.481 e. The van der Waals surface area contributed by atoms with Gasteiger partial charge in [-0.2, -0.15) is 0 Å². The molecule has 1 saturated carbocycles. The van der Waals surface area contributed by atoms with Gasteiger partial charge in [-0.3, -0.25) is 9.59 Å². The molecule has 1 aliphatic carbocycles. The van der Waals surface area contributed by atoms with Gasteiger partial charge in [0.2, 0.25) is 5.91 Å². The first kappa shape index (κ1) is 16.0. The summed E-state index contributed by atoms with van der Waals surface area (Å²) >= 11 is 0. The van der Waals surface area contributed by atoms with E-state index in [-0.39, 0.29) is 25.3 Å². The summed E-state index contributed by atoms with van der Waals surface area (Å²) in [5.74, 6) is -0.358. The van der Waals surface area contributed by atoms with E-state index in [4.69, 9.17) is 5.11 Å². The van der Waals surface area contributed by atoms with Crippen molar-refractivity contribution in [2.24, 2.45) is 5.92 Å². The quantitative estimate of drug-likeness (QED) is 0.657. The van der Waals surface area contributed by atoms with E-state index in [1.54, 1.807) is 0 Å². The molecule has 0 saturated heterocycles. The molecule has 3 N–H and O–H groups in total. The molecule has 1 rings (SSSR count). The fourth-order valence-electron chi connectivity index (χ4n) is 2.55. The van der Waals surface area contributed by atoms with E-state index in [0.29, 0.717) is 12.3 Å². The Kier molecular flexibility index (Phi) is 6.28. The standard InChI is InChI=1S/C14H25NO4/c1-2-11-6-8-14(19,9-7-11)10-15-12(16)4-3-5-13(17)18/h11,19H,2-10H2,1H3,(H,15,16)(H,17,18). The summed E-state index contributed by atoms with van der Waals surface area (Å²) in [6, 6.07) is 0. The lowest BCUT2D eigenvalue weighted by Crippen LogP contribution is -2.45. The maximum Gasteiger partial charge on any atom is 0.303 e. The lowest BCUT2D eigenvalue weighted by molar-refractivity contribution is -0.137. The van der Waals surface area contributed by atoms with E-state index in [2.05, 4.69) is 12.2 Å². The van der Waals surface area contributed by atoms with E-state index in [9.17, 15) is 14.7 Å². The van der Waals surface area contributed by atoms with Gasteiger partial charge in [0.1, 0.15) is 0 Å². The van der Waals surface area contributed by atoms with E-state index in [1.165, 1.54) is 0 Å². The average molecular weight is 271 g/mol. The molecule has 0 aromatic carbocycles. The first-order valence-corrected chi connectivity index (χ1v) is 7.16. The zero-order valence-corrected chi connectivity index (χ0v) is 11.7. The Balaban J connectivity index is 2.20. The Morgan fingerprint density at radius 1 is 1.26 bits per heavy atom. The highest BCUT2D eigenvalue weighted by molar-refractivity contribution is 5.76. The molecule has 0 aromatic rings. The topological polar surface area (TPSA) is 86.6 Å². The fourth-order valence-corrected chi connectivity index (χ4v) is 2.55. The normalized spacial score (nSPS) is 26.9. The van der Waals surface area contributed by atoms with Gasteiger partial charge >= 0.3 is 5.97 Å². The number of nitrogens with one attached hydrogen (secondary N) is 1. The van der Waals surface area contributed by atoms with Gasteiger partial charge in [0, 0.05) is 19.4 Å². The minimum Gasteiger partial charge on any atom is -0.481 e. The van der Waals surface area contributed by atoms with Crippen LogP contribution in [0, 0.1) is 5.92 Å². The van der Waals surface area contributed by atoms with Crippen molar-refractivity contribution in [3.05, 3.63) is 0 Å². The zero-order valence-electron chi connectivity index (χ0n) is 11.7. The number of carboxylic acid groups (broad SMARTS) is 1. The second-order valence-corrected chi connectivity index (χ2v) is 5.60. The monoisotopic (exact) mass is 271 g/mol. The third-order valence-electron chi connectivity index (χ3n) is 4.02. The molecule has 5 heteroatoms. The van der Waals surface area contributed by atoms with Crippen molar-refractivity contribution in [1.29, 1.82) is 0 Å². The summed E-state index contributed by atoms with van der Waals surface area (Å²) in [6.07, 6.45) is 5.22. The highest BCUT2D eigenvalue weighted by Crippen LogP contribution is 2.33. The number of aliphatic hydroxyl groups is 1. The van der Waals surface area contributed by atoms with Crippen LogP contribution in [0.3, 0.4) is 0 Å². The van der Waals surface area contributed by atoms with Crippen molar-refractivity contribution in [3.63, 3.8) is 0 Å². The van der Waals surface area contributed by atoms with Gasteiger partial charge in [-0.15, -0.1) is 0 Å². The molecule has 0 aromatic heterocycles. The average Bonchev–Trinajstić information content (AvgIpc) is 2.37. The van der Waals surface area contributed by atoms with Crippen LogP contribution in [0.4, 0.5) is 0 Å². The summed E-state index contributed by atoms with van der Waals surface area (Å²) in [7, 11) is 0. The number of carboxylic acids is 1. The molecule has 0 aliphatic heterocycles. The Morgan fingerprint density at radius 2 is 1.89 bits per heavy atom. The fraction of sp³-hybridized carbons (Fsp3) is 0.857. The molecular formula is C14H25NO4. The third-order valence-corrected chi connectivity index (χ3v) is 4.02. The number of aliphatic carboxylic acids is 1. The number of carbonyl (C=O) groups excluding carboxylic acids is 1. The number of carbonyl (C=O) groups is 2. The molecule has 0 spiro atoms. The highest BCUT2D eigenvalue weighted by Gasteiger charge is 2.32. The van der Waals surface area contributed by atoms with Crippen LogP contribution in [-0.2, 0) is 9.59 Å². The van der Waals surface area contributed by atoms with E-state index in [1.807, 2.05) is 0 Å². The maximum absolute atomic E-state index is 11.5. The summed E-state index contributed by atoms with van der Waals surface area (Å²) in [5, 5.41) is 21.5. The minimum absolute atomic E-state index is 0.00979. The first-order chi connectivity index (χ1) is 8.95. The van der Waals surface area contributed by atoms with Crippen LogP contribution < -0.4 is 5.32 Å². The predicted molar refractivity (Wildman–Crippen MR) is 71.7 cm³/mol. The molecule has 0 atom stereocenters. The van der Waals surface area contributed by atoms with Crippen molar-refractivity contribution in [3.8, 4) is 0 Å². The molecule has 19 heavy (non-hydrogen) atoms. The molecule has 110 valence electrons. The Morgan fingerprint density at radius 3 is 2.42 bits per heavy atom. The molecule has 1 fully saturated rings. The number of rotatable bonds is 7. The molecule has 5 nitrogen and oxygen atoms in total. The van der Waals surface area contributed by atoms with Crippen molar-refractivity contribution < 1.29 is 19.8 Å². The van der Waals surface area contributed by atoms with Crippen LogP contribution in [0.5, 0.6) is 0 Å². The SMILES string of the molecule is CCC1CCC(O)(CNC(=O)CCCC(=O)O)CC1. The number of hydrogen-bond acceptors (Lipinski definition) is 3. The lowest BCUT2D eigenvalue weighted by atomic mass is 9.78. The second-order valence-electron chi connectivity index (χ2n) is 5.60. The molecule has 0 unspecified atom stereocenters. The highest BCUT2D eigenvalue weighted by atomic mass is 16.4. The van der Waals surface area contributed by atoms with Crippen LogP contribution in [0.25, 0.3) is 0 Å². The van der Waals surface area contributed by atoms with Crippen LogP contribution in [-0.4, -0.2) is 34.2 Å². The summed E-state index contributed by atoms with van der Waals surface area (Å²) < 4.78 is 0. The van der Waals surface area contributed by atoms with Gasteiger partial charge < -0.3 is 15.5 Å². The van der Waals surface area contributed by atoms with Crippen molar-refractivity contribution in [1.82, 2.24) is 5.32 Å². The van der Waals surface area contributed by atoms with Gasteiger partial charge in [-0.1, -0.05) is 13.3 Å². The Labute approximate surface area is 114 Å². The molecule has 1 aliphatic rings. The lowest BCUT2D eigenvalue weighted by Gasteiger charge is -2.35. The van der Waals surface area contributed by atoms with Gasteiger partial charge in [-0.25, -0.2) is 0 Å². The van der Waals surface area contributed by atoms with E-state index < -0.39 is 11.6 Å². The van der Waals surface area contributed by atoms with Crippen LogP contribution >= 0.6 is 0 Å².